The Morgan fingerprint density at radius 1 is 1.07 bits per heavy atom. The molecule has 1 aromatic carbocycles. The van der Waals surface area contributed by atoms with E-state index in [1.807, 2.05) is 39.0 Å². The molecule has 0 unspecified atom stereocenters. The summed E-state index contributed by atoms with van der Waals surface area (Å²) in [5, 5.41) is 10.00. The molecule has 0 radical (unpaired) electrons. The lowest BCUT2D eigenvalue weighted by molar-refractivity contribution is -0.110. The zero-order valence-corrected chi connectivity index (χ0v) is 16.5. The molecule has 0 atom stereocenters. The third kappa shape index (κ3) is 3.03. The van der Waals surface area contributed by atoms with Gasteiger partial charge in [-0.3, -0.25) is 4.79 Å². The second-order valence-corrected chi connectivity index (χ2v) is 6.50. The van der Waals surface area contributed by atoms with Gasteiger partial charge in [0.25, 0.3) is 0 Å². The third-order valence-electron chi connectivity index (χ3n) is 5.02. The number of carbonyl (C=O) groups is 1. The van der Waals surface area contributed by atoms with Gasteiger partial charge in [-0.1, -0.05) is 18.2 Å². The van der Waals surface area contributed by atoms with Gasteiger partial charge in [0.15, 0.2) is 5.78 Å². The predicted molar refractivity (Wildman–Crippen MR) is 110 cm³/mol. The van der Waals surface area contributed by atoms with Crippen LogP contribution in [0.5, 0.6) is 5.75 Å². The number of rotatable bonds is 3. The molecule has 1 aliphatic heterocycles. The molecule has 140 valence electrons. The fourth-order valence-corrected chi connectivity index (χ4v) is 3.54. The Balaban J connectivity index is 2.34. The number of benzene rings is 1. The maximum Gasteiger partial charge on any atom is 0.226 e. The van der Waals surface area contributed by atoms with Crippen LogP contribution in [-0.2, 0) is 4.79 Å². The van der Waals surface area contributed by atoms with Gasteiger partial charge in [-0.15, -0.1) is 0 Å². The highest BCUT2D eigenvalue weighted by atomic mass is 16.3. The maximum atomic E-state index is 13.4. The van der Waals surface area contributed by atoms with Crippen molar-refractivity contribution >= 4 is 23.0 Å². The monoisotopic (exact) mass is 363 g/mol. The Bertz CT molecular complexity index is 958. The number of ketones is 1. The molecular formula is C22H25N3O2. The standard InChI is InChI=1S/C22H25N3O2/c1-6-15-16(7-2)21(27)18(17-12-14(26)11-10-13(17)5)20-19(15)23-22(24-20)25(8-3)9-4/h6-7,10-12,26H,8-9H2,1-5H3/b15-6+,16-7+. The molecule has 5 heteroatoms. The van der Waals surface area contributed by atoms with Crippen molar-refractivity contribution in [2.75, 3.05) is 13.1 Å². The SMILES string of the molecule is C/C=C1/C(=O)C(c2cc(O)ccc2C)=C2N=C(N(CC)CC)N=C2/C1=C/C. The summed E-state index contributed by atoms with van der Waals surface area (Å²) >= 11 is 0. The predicted octanol–water partition coefficient (Wildman–Crippen LogP) is 4.04. The molecule has 1 N–H and O–H groups in total. The first-order chi connectivity index (χ1) is 13.0. The number of phenols is 1. The van der Waals surface area contributed by atoms with Crippen LogP contribution in [0.3, 0.4) is 0 Å². The van der Waals surface area contributed by atoms with E-state index in [-0.39, 0.29) is 11.5 Å². The summed E-state index contributed by atoms with van der Waals surface area (Å²) in [6.45, 7) is 11.4. The summed E-state index contributed by atoms with van der Waals surface area (Å²) in [6, 6.07) is 5.07. The van der Waals surface area contributed by atoms with E-state index in [1.54, 1.807) is 12.1 Å². The van der Waals surface area contributed by atoms with Gasteiger partial charge >= 0.3 is 0 Å². The average Bonchev–Trinajstić information content (AvgIpc) is 3.08. The van der Waals surface area contributed by atoms with Crippen molar-refractivity contribution in [1.82, 2.24) is 4.90 Å². The molecule has 1 heterocycles. The van der Waals surface area contributed by atoms with E-state index in [0.717, 1.165) is 29.9 Å². The normalized spacial score (nSPS) is 19.5. The number of aryl methyl sites for hydroxylation is 1. The van der Waals surface area contributed by atoms with E-state index in [2.05, 4.69) is 18.7 Å². The summed E-state index contributed by atoms with van der Waals surface area (Å²) in [4.78, 5) is 25.0. The van der Waals surface area contributed by atoms with Gasteiger partial charge in [-0.25, -0.2) is 9.98 Å². The van der Waals surface area contributed by atoms with Gasteiger partial charge in [0.05, 0.1) is 5.57 Å². The van der Waals surface area contributed by atoms with Crippen molar-refractivity contribution in [2.24, 2.45) is 9.98 Å². The molecule has 0 saturated carbocycles. The number of hydrogen-bond donors (Lipinski definition) is 1. The number of carbonyl (C=O) groups excluding carboxylic acids is 1. The molecule has 0 spiro atoms. The Morgan fingerprint density at radius 2 is 1.74 bits per heavy atom. The van der Waals surface area contributed by atoms with Crippen LogP contribution < -0.4 is 0 Å². The lowest BCUT2D eigenvalue weighted by Gasteiger charge is -2.22. The van der Waals surface area contributed by atoms with Crippen molar-refractivity contribution in [3.05, 3.63) is 58.3 Å². The van der Waals surface area contributed by atoms with Gasteiger partial charge in [-0.2, -0.15) is 0 Å². The highest BCUT2D eigenvalue weighted by Gasteiger charge is 2.37. The van der Waals surface area contributed by atoms with Crippen LogP contribution in [0.2, 0.25) is 0 Å². The minimum atomic E-state index is -0.0854. The van der Waals surface area contributed by atoms with Gasteiger partial charge in [-0.05, 0) is 57.9 Å². The van der Waals surface area contributed by atoms with Gasteiger partial charge in [0.2, 0.25) is 5.96 Å². The number of allylic oxidation sites excluding steroid dienone is 5. The molecule has 1 aliphatic carbocycles. The zero-order chi connectivity index (χ0) is 19.7. The number of aromatic hydroxyl groups is 1. The molecule has 1 aromatic rings. The van der Waals surface area contributed by atoms with E-state index in [0.29, 0.717) is 28.4 Å². The van der Waals surface area contributed by atoms with Crippen molar-refractivity contribution < 1.29 is 9.90 Å². The topological polar surface area (TPSA) is 65.3 Å². The fraction of sp³-hybridized carbons (Fsp3) is 0.318. The van der Waals surface area contributed by atoms with Crippen LogP contribution >= 0.6 is 0 Å². The minimum Gasteiger partial charge on any atom is -0.508 e. The van der Waals surface area contributed by atoms with Crippen molar-refractivity contribution in [3.8, 4) is 5.75 Å². The summed E-state index contributed by atoms with van der Waals surface area (Å²) in [5.74, 6) is 0.669. The van der Waals surface area contributed by atoms with Crippen LogP contribution in [-0.4, -0.2) is 40.6 Å². The number of aliphatic imine (C=N–C) groups is 2. The van der Waals surface area contributed by atoms with Crippen LogP contribution in [0.1, 0.15) is 38.8 Å². The van der Waals surface area contributed by atoms with E-state index in [1.165, 1.54) is 0 Å². The van der Waals surface area contributed by atoms with Gasteiger partial charge < -0.3 is 10.0 Å². The molecule has 27 heavy (non-hydrogen) atoms. The Hall–Kier alpha value is -2.95. The fourth-order valence-electron chi connectivity index (χ4n) is 3.54. The summed E-state index contributed by atoms with van der Waals surface area (Å²) in [5.41, 5.74) is 4.86. The van der Waals surface area contributed by atoms with Crippen LogP contribution in [0, 0.1) is 6.92 Å². The lowest BCUT2D eigenvalue weighted by atomic mass is 9.80. The van der Waals surface area contributed by atoms with E-state index in [9.17, 15) is 9.90 Å². The first-order valence-electron chi connectivity index (χ1n) is 9.31. The molecule has 0 fully saturated rings. The largest absolute Gasteiger partial charge is 0.508 e. The Labute approximate surface area is 160 Å². The quantitative estimate of drug-likeness (QED) is 0.824. The van der Waals surface area contributed by atoms with Gasteiger partial charge in [0.1, 0.15) is 17.2 Å². The molecular weight excluding hydrogens is 338 g/mol. The zero-order valence-electron chi connectivity index (χ0n) is 16.5. The summed E-state index contributed by atoms with van der Waals surface area (Å²) in [6.07, 6.45) is 3.74. The molecule has 0 amide bonds. The minimum absolute atomic E-state index is 0.0854. The van der Waals surface area contributed by atoms with Crippen LogP contribution in [0.15, 0.2) is 57.2 Å². The molecule has 2 aliphatic rings. The third-order valence-corrected chi connectivity index (χ3v) is 5.02. The molecule has 0 saturated heterocycles. The van der Waals surface area contributed by atoms with E-state index >= 15 is 0 Å². The Morgan fingerprint density at radius 3 is 2.33 bits per heavy atom. The van der Waals surface area contributed by atoms with Crippen LogP contribution in [0.25, 0.3) is 5.57 Å². The van der Waals surface area contributed by atoms with Crippen molar-refractivity contribution in [3.63, 3.8) is 0 Å². The molecule has 3 rings (SSSR count). The smallest absolute Gasteiger partial charge is 0.226 e. The molecule has 0 aromatic heterocycles. The number of phenolic OH excluding ortho intramolecular Hbond substituents is 1. The van der Waals surface area contributed by atoms with Crippen molar-refractivity contribution in [2.45, 2.75) is 34.6 Å². The molecule has 0 bridgehead atoms. The highest BCUT2D eigenvalue weighted by Crippen LogP contribution is 2.39. The van der Waals surface area contributed by atoms with Gasteiger partial charge in [0, 0.05) is 24.2 Å². The summed E-state index contributed by atoms with van der Waals surface area (Å²) < 4.78 is 0. The highest BCUT2D eigenvalue weighted by molar-refractivity contribution is 6.45. The first-order valence-corrected chi connectivity index (χ1v) is 9.31. The number of hydrogen-bond acceptors (Lipinski definition) is 5. The first kappa shape index (κ1) is 18.8. The number of guanidine groups is 1. The van der Waals surface area contributed by atoms with E-state index < -0.39 is 0 Å². The number of nitrogens with zero attached hydrogens (tertiary/aromatic N) is 3. The van der Waals surface area contributed by atoms with Crippen molar-refractivity contribution in [1.29, 1.82) is 0 Å². The van der Waals surface area contributed by atoms with E-state index in [4.69, 9.17) is 9.98 Å². The second-order valence-electron chi connectivity index (χ2n) is 6.50. The number of fused-ring (bicyclic) bond motifs is 1. The maximum absolute atomic E-state index is 13.4. The average molecular weight is 363 g/mol. The lowest BCUT2D eigenvalue weighted by Crippen LogP contribution is -2.28. The second kappa shape index (κ2) is 7.35. The molecule has 5 nitrogen and oxygen atoms in total. The summed E-state index contributed by atoms with van der Waals surface area (Å²) in [7, 11) is 0. The number of Topliss-reactive ketones (excluding diaryl/α,β-unsaturated/α-hetero) is 1. The van der Waals surface area contributed by atoms with Crippen LogP contribution in [0.4, 0.5) is 0 Å². The Kier molecular flexibility index (Phi) is 5.13.